The summed E-state index contributed by atoms with van der Waals surface area (Å²) in [6.07, 6.45) is 0. The van der Waals surface area contributed by atoms with Crippen molar-refractivity contribution in [2.24, 2.45) is 5.73 Å². The molecule has 0 heterocycles. The topological polar surface area (TPSA) is 72.6 Å². The van der Waals surface area contributed by atoms with E-state index in [4.69, 9.17) is 5.73 Å². The third kappa shape index (κ3) is 5.06. The van der Waals surface area contributed by atoms with Crippen molar-refractivity contribution < 1.29 is 14.3 Å². The maximum absolute atomic E-state index is 12.3. The van der Waals surface area contributed by atoms with Gasteiger partial charge in [-0.25, -0.2) is 0 Å². The van der Waals surface area contributed by atoms with Crippen LogP contribution in [0.5, 0.6) is 0 Å². The zero-order valence-corrected chi connectivity index (χ0v) is 13.5. The first-order valence-corrected chi connectivity index (χ1v) is 7.93. The number of para-hydroxylation sites is 1. The molecule has 0 aliphatic carbocycles. The highest BCUT2D eigenvalue weighted by atomic mass is 32.2. The summed E-state index contributed by atoms with van der Waals surface area (Å²) in [6, 6.07) is 7.08. The molecule has 5 nitrogen and oxygen atoms in total. The van der Waals surface area contributed by atoms with Gasteiger partial charge in [0.1, 0.15) is 6.04 Å². The number of ether oxygens (including phenoxy) is 1. The van der Waals surface area contributed by atoms with E-state index in [0.29, 0.717) is 12.3 Å². The number of thioether (sulfide) groups is 1. The molecule has 0 radical (unpaired) electrons. The molecule has 1 aromatic carbocycles. The first-order chi connectivity index (χ1) is 10.0. The number of rotatable bonds is 7. The van der Waals surface area contributed by atoms with Gasteiger partial charge >= 0.3 is 5.97 Å². The van der Waals surface area contributed by atoms with Gasteiger partial charge in [0.2, 0.25) is 5.91 Å². The fourth-order valence-corrected chi connectivity index (χ4v) is 2.76. The number of anilines is 1. The number of carbonyl (C=O) groups is 2. The van der Waals surface area contributed by atoms with E-state index in [1.54, 1.807) is 4.90 Å². The number of hydrogen-bond acceptors (Lipinski definition) is 5. The van der Waals surface area contributed by atoms with Gasteiger partial charge in [-0.05, 0) is 25.5 Å². The maximum atomic E-state index is 12.3. The SMILES string of the molecule is CCN(C(=O)CSCC(N)C(=O)OC)c1ccccc1C. The monoisotopic (exact) mass is 310 g/mol. The highest BCUT2D eigenvalue weighted by molar-refractivity contribution is 8.00. The molecule has 116 valence electrons. The number of amides is 1. The lowest BCUT2D eigenvalue weighted by Gasteiger charge is -2.23. The molecule has 1 rings (SSSR count). The molecule has 1 aromatic rings. The summed E-state index contributed by atoms with van der Waals surface area (Å²) in [7, 11) is 1.30. The van der Waals surface area contributed by atoms with Gasteiger partial charge in [0.15, 0.2) is 0 Å². The molecule has 0 aliphatic heterocycles. The number of nitrogens with two attached hydrogens (primary N) is 1. The molecule has 2 N–H and O–H groups in total. The number of nitrogens with zero attached hydrogens (tertiary/aromatic N) is 1. The van der Waals surface area contributed by atoms with Crippen LogP contribution in [-0.2, 0) is 14.3 Å². The van der Waals surface area contributed by atoms with Crippen molar-refractivity contribution in [2.45, 2.75) is 19.9 Å². The van der Waals surface area contributed by atoms with Crippen LogP contribution in [0.3, 0.4) is 0 Å². The average molecular weight is 310 g/mol. The smallest absolute Gasteiger partial charge is 0.323 e. The van der Waals surface area contributed by atoms with Gasteiger partial charge in [-0.2, -0.15) is 0 Å². The second kappa shape index (κ2) is 8.69. The van der Waals surface area contributed by atoms with Crippen LogP contribution in [0.4, 0.5) is 5.69 Å². The zero-order valence-electron chi connectivity index (χ0n) is 12.7. The standard InChI is InChI=1S/C15H22N2O3S/c1-4-17(13-8-6-5-7-11(13)2)14(18)10-21-9-12(16)15(19)20-3/h5-8,12H,4,9-10,16H2,1-3H3. The Hall–Kier alpha value is -1.53. The van der Waals surface area contributed by atoms with Crippen LogP contribution >= 0.6 is 11.8 Å². The van der Waals surface area contributed by atoms with Gasteiger partial charge in [0, 0.05) is 18.0 Å². The van der Waals surface area contributed by atoms with Gasteiger partial charge in [-0.15, -0.1) is 11.8 Å². The number of benzene rings is 1. The summed E-state index contributed by atoms with van der Waals surface area (Å²) in [6.45, 7) is 4.52. The minimum atomic E-state index is -0.693. The minimum Gasteiger partial charge on any atom is -0.468 e. The molecule has 0 fully saturated rings. The molecule has 0 aromatic heterocycles. The Morgan fingerprint density at radius 3 is 2.62 bits per heavy atom. The Morgan fingerprint density at radius 1 is 1.38 bits per heavy atom. The largest absolute Gasteiger partial charge is 0.468 e. The molecule has 0 aliphatic rings. The van der Waals surface area contributed by atoms with E-state index in [1.807, 2.05) is 38.1 Å². The molecule has 6 heteroatoms. The molecule has 0 bridgehead atoms. The fraction of sp³-hybridized carbons (Fsp3) is 0.467. The van der Waals surface area contributed by atoms with E-state index >= 15 is 0 Å². The first kappa shape index (κ1) is 17.5. The van der Waals surface area contributed by atoms with E-state index in [-0.39, 0.29) is 11.7 Å². The predicted octanol–water partition coefficient (Wildman–Crippen LogP) is 1.58. The summed E-state index contributed by atoms with van der Waals surface area (Å²) in [5.74, 6) is 0.200. The van der Waals surface area contributed by atoms with Crippen molar-refractivity contribution >= 4 is 29.3 Å². The van der Waals surface area contributed by atoms with Gasteiger partial charge in [-0.1, -0.05) is 18.2 Å². The molecule has 1 amide bonds. The Bertz CT molecular complexity index is 494. The molecule has 21 heavy (non-hydrogen) atoms. The van der Waals surface area contributed by atoms with E-state index in [0.717, 1.165) is 11.3 Å². The van der Waals surface area contributed by atoms with Crippen molar-refractivity contribution in [2.75, 3.05) is 30.1 Å². The number of methoxy groups -OCH3 is 1. The Balaban J connectivity index is 2.57. The summed E-state index contributed by atoms with van der Waals surface area (Å²) in [5, 5.41) is 0. The highest BCUT2D eigenvalue weighted by Gasteiger charge is 2.18. The van der Waals surface area contributed by atoms with Crippen molar-refractivity contribution in [3.8, 4) is 0 Å². The first-order valence-electron chi connectivity index (χ1n) is 6.78. The molecule has 1 unspecified atom stereocenters. The number of aryl methyl sites for hydroxylation is 1. The number of esters is 1. The lowest BCUT2D eigenvalue weighted by atomic mass is 10.2. The van der Waals surface area contributed by atoms with Gasteiger partial charge < -0.3 is 15.4 Å². The number of hydrogen-bond donors (Lipinski definition) is 1. The van der Waals surface area contributed by atoms with Crippen molar-refractivity contribution in [3.63, 3.8) is 0 Å². The molecule has 0 saturated heterocycles. The van der Waals surface area contributed by atoms with Crippen molar-refractivity contribution in [1.29, 1.82) is 0 Å². The Kier molecular flexibility index (Phi) is 7.25. The summed E-state index contributed by atoms with van der Waals surface area (Å²) in [5.41, 5.74) is 7.62. The third-order valence-electron chi connectivity index (χ3n) is 3.05. The maximum Gasteiger partial charge on any atom is 0.323 e. The van der Waals surface area contributed by atoms with Crippen molar-refractivity contribution in [3.05, 3.63) is 29.8 Å². The Morgan fingerprint density at radius 2 is 2.05 bits per heavy atom. The van der Waals surface area contributed by atoms with E-state index < -0.39 is 12.0 Å². The average Bonchev–Trinajstić information content (AvgIpc) is 2.48. The third-order valence-corrected chi connectivity index (χ3v) is 4.10. The van der Waals surface area contributed by atoms with Crippen LogP contribution < -0.4 is 10.6 Å². The van der Waals surface area contributed by atoms with Gasteiger partial charge in [0.25, 0.3) is 0 Å². The predicted molar refractivity (Wildman–Crippen MR) is 86.5 cm³/mol. The van der Waals surface area contributed by atoms with Crippen LogP contribution in [0.1, 0.15) is 12.5 Å². The Labute approximate surface area is 129 Å². The van der Waals surface area contributed by atoms with Crippen LogP contribution in [-0.4, -0.2) is 43.1 Å². The molecule has 0 spiro atoms. The lowest BCUT2D eigenvalue weighted by Crippen LogP contribution is -2.36. The lowest BCUT2D eigenvalue weighted by molar-refractivity contribution is -0.141. The molecular weight excluding hydrogens is 288 g/mol. The summed E-state index contributed by atoms with van der Waals surface area (Å²) >= 11 is 1.34. The van der Waals surface area contributed by atoms with Crippen LogP contribution in [0.2, 0.25) is 0 Å². The van der Waals surface area contributed by atoms with Crippen LogP contribution in [0.25, 0.3) is 0 Å². The molecule has 1 atom stereocenters. The summed E-state index contributed by atoms with van der Waals surface area (Å²) < 4.78 is 4.55. The highest BCUT2D eigenvalue weighted by Crippen LogP contribution is 2.20. The van der Waals surface area contributed by atoms with E-state index in [9.17, 15) is 9.59 Å². The van der Waals surface area contributed by atoms with E-state index in [1.165, 1.54) is 18.9 Å². The number of carbonyl (C=O) groups excluding carboxylic acids is 2. The van der Waals surface area contributed by atoms with Gasteiger partial charge in [-0.3, -0.25) is 9.59 Å². The summed E-state index contributed by atoms with van der Waals surface area (Å²) in [4.78, 5) is 25.2. The van der Waals surface area contributed by atoms with Gasteiger partial charge in [0.05, 0.1) is 12.9 Å². The van der Waals surface area contributed by atoms with Crippen LogP contribution in [0, 0.1) is 6.92 Å². The van der Waals surface area contributed by atoms with Crippen LogP contribution in [0.15, 0.2) is 24.3 Å². The zero-order chi connectivity index (χ0) is 15.8. The minimum absolute atomic E-state index is 0.00821. The second-order valence-corrected chi connectivity index (χ2v) is 5.60. The fourth-order valence-electron chi connectivity index (χ4n) is 1.92. The van der Waals surface area contributed by atoms with E-state index in [2.05, 4.69) is 4.74 Å². The molecule has 0 saturated carbocycles. The second-order valence-electron chi connectivity index (χ2n) is 4.57. The molecular formula is C15H22N2O3S. The normalized spacial score (nSPS) is 11.8. The van der Waals surface area contributed by atoms with Crippen molar-refractivity contribution in [1.82, 2.24) is 0 Å². The quantitative estimate of drug-likeness (QED) is 0.774.